The number of benzene rings is 1. The lowest BCUT2D eigenvalue weighted by atomic mass is 9.95. The van der Waals surface area contributed by atoms with Crippen molar-refractivity contribution in [2.24, 2.45) is 0 Å². The monoisotopic (exact) mass is 527 g/mol. The van der Waals surface area contributed by atoms with Gasteiger partial charge in [-0.05, 0) is 51.8 Å². The van der Waals surface area contributed by atoms with Crippen LogP contribution in [0.25, 0.3) is 21.9 Å². The summed E-state index contributed by atoms with van der Waals surface area (Å²) in [6, 6.07) is 13.0. The molecule has 2 fully saturated rings. The fourth-order valence-corrected chi connectivity index (χ4v) is 5.78. The van der Waals surface area contributed by atoms with Gasteiger partial charge in [-0.1, -0.05) is 37.5 Å². The first-order valence-electron chi connectivity index (χ1n) is 14.1. The van der Waals surface area contributed by atoms with Gasteiger partial charge in [0.1, 0.15) is 17.1 Å². The quantitative estimate of drug-likeness (QED) is 0.334. The number of hydrogen-bond acceptors (Lipinski definition) is 7. The van der Waals surface area contributed by atoms with Crippen molar-refractivity contribution < 1.29 is 9.53 Å². The van der Waals surface area contributed by atoms with Crippen LogP contribution in [0.1, 0.15) is 58.9 Å². The lowest BCUT2D eigenvalue weighted by Crippen LogP contribution is -2.50. The Morgan fingerprint density at radius 3 is 2.41 bits per heavy atom. The average molecular weight is 528 g/mol. The Labute approximate surface area is 229 Å². The number of nitrogens with one attached hydrogen (secondary N) is 1. The van der Waals surface area contributed by atoms with E-state index in [9.17, 15) is 4.79 Å². The van der Waals surface area contributed by atoms with Crippen molar-refractivity contribution >= 4 is 45.5 Å². The number of fused-ring (bicyclic) bond motifs is 3. The first kappa shape index (κ1) is 25.4. The number of piperazine rings is 1. The number of para-hydroxylation sites is 1. The number of carbonyl (C=O) groups excluding carboxylic acids is 1. The van der Waals surface area contributed by atoms with Crippen LogP contribution in [-0.4, -0.2) is 62.3 Å². The summed E-state index contributed by atoms with van der Waals surface area (Å²) < 4.78 is 7.95. The van der Waals surface area contributed by atoms with Crippen molar-refractivity contribution in [1.29, 1.82) is 0 Å². The molecule has 9 heteroatoms. The lowest BCUT2D eigenvalue weighted by Gasteiger charge is -2.36. The van der Waals surface area contributed by atoms with E-state index < -0.39 is 5.60 Å². The van der Waals surface area contributed by atoms with Crippen LogP contribution in [0.5, 0.6) is 0 Å². The second kappa shape index (κ2) is 10.4. The number of carbonyl (C=O) groups is 1. The van der Waals surface area contributed by atoms with Gasteiger partial charge in [-0.2, -0.15) is 4.98 Å². The number of pyridine rings is 1. The molecule has 1 N–H and O–H groups in total. The van der Waals surface area contributed by atoms with E-state index in [1.165, 1.54) is 43.0 Å². The van der Waals surface area contributed by atoms with E-state index in [0.29, 0.717) is 30.9 Å². The Kier molecular flexibility index (Phi) is 6.74. The molecule has 0 bridgehead atoms. The van der Waals surface area contributed by atoms with E-state index in [2.05, 4.69) is 55.1 Å². The zero-order valence-electron chi connectivity index (χ0n) is 23.1. The lowest BCUT2D eigenvalue weighted by molar-refractivity contribution is 0.0240. The summed E-state index contributed by atoms with van der Waals surface area (Å²) in [5.74, 6) is 1.25. The molecule has 6 rings (SSSR count). The van der Waals surface area contributed by atoms with E-state index in [1.807, 2.05) is 39.2 Å². The number of amides is 1. The Bertz CT molecular complexity index is 1460. The summed E-state index contributed by atoms with van der Waals surface area (Å²) in [6.07, 6.45) is 9.78. The molecule has 2 aliphatic rings. The molecule has 39 heavy (non-hydrogen) atoms. The summed E-state index contributed by atoms with van der Waals surface area (Å²) in [5, 5.41) is 5.61. The molecule has 1 aromatic carbocycles. The normalized spacial score (nSPS) is 17.1. The summed E-state index contributed by atoms with van der Waals surface area (Å²) in [5.41, 5.74) is 2.76. The van der Waals surface area contributed by atoms with Crippen molar-refractivity contribution in [3.63, 3.8) is 0 Å². The minimum Gasteiger partial charge on any atom is -0.444 e. The van der Waals surface area contributed by atoms with E-state index in [1.54, 1.807) is 4.90 Å². The topological polar surface area (TPSA) is 88.4 Å². The second-order valence-corrected chi connectivity index (χ2v) is 11.6. The Morgan fingerprint density at radius 2 is 1.69 bits per heavy atom. The molecule has 1 aliphatic heterocycles. The average Bonchev–Trinajstić information content (AvgIpc) is 3.27. The van der Waals surface area contributed by atoms with Gasteiger partial charge < -0.3 is 24.4 Å². The minimum atomic E-state index is -0.484. The molecule has 4 aromatic rings. The molecule has 0 atom stereocenters. The smallest absolute Gasteiger partial charge is 0.410 e. The number of hydrogen-bond donors (Lipinski definition) is 1. The third-order valence-corrected chi connectivity index (χ3v) is 7.67. The van der Waals surface area contributed by atoms with Crippen molar-refractivity contribution in [1.82, 2.24) is 24.4 Å². The van der Waals surface area contributed by atoms with Gasteiger partial charge in [0, 0.05) is 49.2 Å². The maximum Gasteiger partial charge on any atom is 0.410 e. The minimum absolute atomic E-state index is 0.251. The number of ether oxygens (including phenoxy) is 1. The van der Waals surface area contributed by atoms with Gasteiger partial charge in [-0.25, -0.2) is 14.8 Å². The molecule has 0 spiro atoms. The summed E-state index contributed by atoms with van der Waals surface area (Å²) in [6.45, 7) is 8.39. The third-order valence-electron chi connectivity index (χ3n) is 7.67. The standard InChI is InChI=1S/C30H37N7O2/c1-30(2,3)39-29(38)36-17-15-35(16-18-36)22-13-14-26(31-19-22)33-28-32-20-24-23-11-7-8-12-25(23)37(27(24)34-28)21-9-5-4-6-10-21/h7-8,11-14,19-21H,4-6,9-10,15-18H2,1-3H3,(H,31,32,33,34). The number of nitrogens with zero attached hydrogens (tertiary/aromatic N) is 6. The second-order valence-electron chi connectivity index (χ2n) is 11.6. The number of anilines is 3. The van der Waals surface area contributed by atoms with Gasteiger partial charge in [0.25, 0.3) is 0 Å². The number of aromatic nitrogens is 4. The first-order valence-corrected chi connectivity index (χ1v) is 14.1. The van der Waals surface area contributed by atoms with Crippen LogP contribution in [0.15, 0.2) is 48.8 Å². The number of rotatable bonds is 4. The van der Waals surface area contributed by atoms with Crippen molar-refractivity contribution in [2.75, 3.05) is 36.4 Å². The molecule has 1 saturated heterocycles. The molecular weight excluding hydrogens is 490 g/mol. The summed E-state index contributed by atoms with van der Waals surface area (Å²) in [7, 11) is 0. The molecule has 4 heterocycles. The Balaban J connectivity index is 1.17. The van der Waals surface area contributed by atoms with Gasteiger partial charge in [-0.15, -0.1) is 0 Å². The van der Waals surface area contributed by atoms with Crippen LogP contribution in [0.4, 0.5) is 22.2 Å². The highest BCUT2D eigenvalue weighted by Crippen LogP contribution is 2.37. The highest BCUT2D eigenvalue weighted by molar-refractivity contribution is 6.06. The van der Waals surface area contributed by atoms with Crippen molar-refractivity contribution in [2.45, 2.75) is 64.5 Å². The highest BCUT2D eigenvalue weighted by atomic mass is 16.6. The molecule has 3 aromatic heterocycles. The van der Waals surface area contributed by atoms with Crippen LogP contribution in [0.2, 0.25) is 0 Å². The van der Waals surface area contributed by atoms with Crippen molar-refractivity contribution in [3.8, 4) is 0 Å². The maximum absolute atomic E-state index is 12.4. The molecular formula is C30H37N7O2. The summed E-state index contributed by atoms with van der Waals surface area (Å²) in [4.78, 5) is 30.6. The van der Waals surface area contributed by atoms with E-state index in [0.717, 1.165) is 29.8 Å². The van der Waals surface area contributed by atoms with Crippen LogP contribution in [0.3, 0.4) is 0 Å². The van der Waals surface area contributed by atoms with Crippen molar-refractivity contribution in [3.05, 3.63) is 48.8 Å². The molecule has 0 unspecified atom stereocenters. The first-order chi connectivity index (χ1) is 18.9. The predicted molar refractivity (Wildman–Crippen MR) is 155 cm³/mol. The molecule has 0 radical (unpaired) electrons. The molecule has 1 amide bonds. The zero-order chi connectivity index (χ0) is 27.0. The molecule has 1 saturated carbocycles. The third kappa shape index (κ3) is 5.35. The highest BCUT2D eigenvalue weighted by Gasteiger charge is 2.26. The van der Waals surface area contributed by atoms with Crippen LogP contribution in [-0.2, 0) is 4.74 Å². The van der Waals surface area contributed by atoms with Crippen LogP contribution >= 0.6 is 0 Å². The summed E-state index contributed by atoms with van der Waals surface area (Å²) >= 11 is 0. The van der Waals surface area contributed by atoms with Gasteiger partial charge >= 0.3 is 6.09 Å². The maximum atomic E-state index is 12.4. The van der Waals surface area contributed by atoms with E-state index >= 15 is 0 Å². The van der Waals surface area contributed by atoms with Crippen LogP contribution < -0.4 is 10.2 Å². The van der Waals surface area contributed by atoms with Gasteiger partial charge in [0.05, 0.1) is 17.4 Å². The van der Waals surface area contributed by atoms with Gasteiger partial charge in [-0.3, -0.25) is 0 Å². The largest absolute Gasteiger partial charge is 0.444 e. The van der Waals surface area contributed by atoms with E-state index in [-0.39, 0.29) is 6.09 Å². The Morgan fingerprint density at radius 1 is 0.923 bits per heavy atom. The van der Waals surface area contributed by atoms with Gasteiger partial charge in [0.2, 0.25) is 5.95 Å². The SMILES string of the molecule is CC(C)(C)OC(=O)N1CCN(c2ccc(Nc3ncc4c5ccccc5n(C5CCCCC5)c4n3)nc2)CC1. The fourth-order valence-electron chi connectivity index (χ4n) is 5.78. The Hall–Kier alpha value is -3.88. The zero-order valence-corrected chi connectivity index (χ0v) is 23.1. The van der Waals surface area contributed by atoms with Gasteiger partial charge in [0.15, 0.2) is 0 Å². The van der Waals surface area contributed by atoms with E-state index in [4.69, 9.17) is 9.72 Å². The fraction of sp³-hybridized carbons (Fsp3) is 0.467. The molecule has 204 valence electrons. The predicted octanol–water partition coefficient (Wildman–Crippen LogP) is 6.29. The van der Waals surface area contributed by atoms with Crippen LogP contribution in [0, 0.1) is 0 Å². The molecule has 1 aliphatic carbocycles. The molecule has 9 nitrogen and oxygen atoms in total.